The Morgan fingerprint density at radius 3 is 1.29 bits per heavy atom. The highest BCUT2D eigenvalue weighted by atomic mass is 16.1. The summed E-state index contributed by atoms with van der Waals surface area (Å²) in [7, 11) is 13.6. The van der Waals surface area contributed by atoms with Crippen molar-refractivity contribution < 1.29 is 23.3 Å². The normalized spacial score (nSPS) is 30.6. The minimum absolute atomic E-state index is 0.104. The van der Waals surface area contributed by atoms with E-state index in [1.165, 1.54) is 22.8 Å². The van der Waals surface area contributed by atoms with E-state index in [0.29, 0.717) is 36.3 Å². The third-order valence-corrected chi connectivity index (χ3v) is 13.8. The van der Waals surface area contributed by atoms with E-state index < -0.39 is 11.8 Å². The summed E-state index contributed by atoms with van der Waals surface area (Å²) in [6, 6.07) is 12.0. The number of carbonyl (C=O) groups excluding carboxylic acids is 3. The van der Waals surface area contributed by atoms with Gasteiger partial charge in [0.2, 0.25) is 24.1 Å². The van der Waals surface area contributed by atoms with Crippen LogP contribution in [0.25, 0.3) is 0 Å². The zero-order chi connectivity index (χ0) is 40.8. The summed E-state index contributed by atoms with van der Waals surface area (Å²) in [6.45, 7) is 11.0. The van der Waals surface area contributed by atoms with Gasteiger partial charge >= 0.3 is 0 Å². The van der Waals surface area contributed by atoms with Crippen molar-refractivity contribution in [1.82, 2.24) is 8.97 Å². The Morgan fingerprint density at radius 1 is 0.625 bits per heavy atom. The molecule has 4 N–H and O–H groups in total. The molecule has 2 saturated heterocycles. The molecule has 4 atom stereocenters. The molecule has 2 amide bonds. The van der Waals surface area contributed by atoms with Crippen LogP contribution in [0, 0.1) is 0 Å². The first-order valence-electron chi connectivity index (χ1n) is 20.1. The summed E-state index contributed by atoms with van der Waals surface area (Å²) in [4.78, 5) is 37.9. The number of allylic oxidation sites excluding steroid dienone is 12. The van der Waals surface area contributed by atoms with Crippen LogP contribution >= 0.6 is 0 Å². The maximum absolute atomic E-state index is 13.6. The number of carbonyl (C=O) groups is 3. The standard InChI is InChI=1S/C47H60N6O3/c1-46(2)35-29-33(44(48)55)21-23-37(35)52(27-25-41(52)50(5,6)7)39(46)17-13-11-15-31-19-20-32(43(31)54)16-12-14-18-40-47(3,4)36-30-34(45(49)56)22-24-38(36)53(40)28-26-42(53)51(8,9)10/h11-18,21-24,29-30,41-42H,19-20,25-28H2,1-10H3,(H2-2,48,49,55,56)/q+2/p+2. The van der Waals surface area contributed by atoms with Gasteiger partial charge in [-0.15, -0.1) is 0 Å². The van der Waals surface area contributed by atoms with Crippen molar-refractivity contribution >= 4 is 29.0 Å². The van der Waals surface area contributed by atoms with Gasteiger partial charge in [0.15, 0.2) is 5.78 Å². The van der Waals surface area contributed by atoms with E-state index in [0.717, 1.165) is 66.1 Å². The first-order chi connectivity index (χ1) is 26.1. The van der Waals surface area contributed by atoms with Crippen molar-refractivity contribution in [3.05, 3.63) is 130 Å². The Bertz CT molecular complexity index is 2080. The number of amides is 2. The lowest BCUT2D eigenvalue weighted by atomic mass is 9.82. The van der Waals surface area contributed by atoms with Gasteiger partial charge in [0, 0.05) is 45.5 Å². The molecular formula is C47H62N6O3+4. The Balaban J connectivity index is 1.13. The van der Waals surface area contributed by atoms with Gasteiger partial charge in [0.25, 0.3) is 0 Å². The molecule has 2 aromatic rings. The van der Waals surface area contributed by atoms with E-state index in [1.54, 1.807) is 0 Å². The molecule has 294 valence electrons. The monoisotopic (exact) mass is 758 g/mol. The number of quaternary nitrogens is 4. The van der Waals surface area contributed by atoms with Gasteiger partial charge in [-0.1, -0.05) is 36.5 Å². The van der Waals surface area contributed by atoms with E-state index in [4.69, 9.17) is 11.5 Å². The largest absolute Gasteiger partial charge is 0.366 e. The maximum atomic E-state index is 13.6. The van der Waals surface area contributed by atoms with Crippen LogP contribution in [0.15, 0.2) is 108 Å². The van der Waals surface area contributed by atoms with Crippen molar-refractivity contribution in [2.75, 3.05) is 55.4 Å². The summed E-state index contributed by atoms with van der Waals surface area (Å²) in [5.74, 6) is -0.714. The Labute approximate surface area is 333 Å². The lowest BCUT2D eigenvalue weighted by Gasteiger charge is -2.54. The number of nitrogens with two attached hydrogens (primary N) is 2. The van der Waals surface area contributed by atoms with Gasteiger partial charge in [-0.2, -0.15) is 0 Å². The Morgan fingerprint density at radius 2 is 0.982 bits per heavy atom. The van der Waals surface area contributed by atoms with E-state index in [9.17, 15) is 14.4 Å². The SMILES string of the molecule is CC1(C)C(=CC=CC=C2CCC(=CC=CC=C3C(C)(C)c4cc(C(N)=O)ccc4[N+]34CCC4[N+](C)(C)C)C2=O)[N+]2(CCC2[N+](C)(C)C)c2ccc(C(N)=O)cc21. The number of Topliss-reactive ketones (excluding diaryl/α,β-unsaturated/α-hetero) is 1. The van der Waals surface area contributed by atoms with Gasteiger partial charge in [0.05, 0.1) is 53.1 Å². The minimum atomic E-state index is -0.409. The van der Waals surface area contributed by atoms with E-state index in [1.807, 2.05) is 48.6 Å². The number of benzene rings is 2. The number of hydrogen-bond donors (Lipinski definition) is 2. The van der Waals surface area contributed by atoms with Crippen molar-refractivity contribution in [3.63, 3.8) is 0 Å². The van der Waals surface area contributed by atoms with Gasteiger partial charge in [-0.25, -0.2) is 8.97 Å². The van der Waals surface area contributed by atoms with Crippen molar-refractivity contribution in [1.29, 1.82) is 0 Å². The maximum Gasteiger partial charge on any atom is 0.248 e. The summed E-state index contributed by atoms with van der Waals surface area (Å²) in [6.07, 6.45) is 21.0. The molecule has 0 bridgehead atoms. The summed E-state index contributed by atoms with van der Waals surface area (Å²) in [5.41, 5.74) is 21.0. The molecule has 4 unspecified atom stereocenters. The number of rotatable bonds is 8. The fourth-order valence-electron chi connectivity index (χ4n) is 11.0. The number of ketones is 1. The Hall–Kier alpha value is -4.67. The highest BCUT2D eigenvalue weighted by Crippen LogP contribution is 2.60. The average Bonchev–Trinajstić information content (AvgIpc) is 3.60. The third kappa shape index (κ3) is 5.85. The number of hydrogen-bond acceptors (Lipinski definition) is 3. The molecule has 3 fully saturated rings. The van der Waals surface area contributed by atoms with Crippen LogP contribution in [0.2, 0.25) is 0 Å². The van der Waals surface area contributed by atoms with Gasteiger partial charge in [-0.3, -0.25) is 23.3 Å². The second-order valence-electron chi connectivity index (χ2n) is 19.5. The molecular weight excluding hydrogens is 697 g/mol. The van der Waals surface area contributed by atoms with Crippen LogP contribution in [0.4, 0.5) is 11.4 Å². The quantitative estimate of drug-likeness (QED) is 0.230. The van der Waals surface area contributed by atoms with Crippen LogP contribution in [-0.4, -0.2) is 94.3 Å². The molecule has 2 spiro atoms. The van der Waals surface area contributed by atoms with E-state index in [-0.39, 0.29) is 16.6 Å². The molecule has 7 rings (SSSR count). The van der Waals surface area contributed by atoms with Crippen LogP contribution in [0.5, 0.6) is 0 Å². The fraction of sp³-hybridized carbons (Fsp3) is 0.426. The molecule has 4 aliphatic heterocycles. The highest BCUT2D eigenvalue weighted by Gasteiger charge is 2.67. The minimum Gasteiger partial charge on any atom is -0.366 e. The number of primary amides is 2. The zero-order valence-corrected chi connectivity index (χ0v) is 35.1. The smallest absolute Gasteiger partial charge is 0.248 e. The number of fused-ring (bicyclic) bond motifs is 4. The van der Waals surface area contributed by atoms with Crippen molar-refractivity contribution in [3.8, 4) is 0 Å². The molecule has 56 heavy (non-hydrogen) atoms. The average molecular weight is 759 g/mol. The molecule has 9 heteroatoms. The van der Waals surface area contributed by atoms with Crippen molar-refractivity contribution in [2.45, 2.75) is 76.5 Å². The van der Waals surface area contributed by atoms with Crippen LogP contribution in [0.3, 0.4) is 0 Å². The molecule has 9 nitrogen and oxygen atoms in total. The predicted octanol–water partition coefficient (Wildman–Crippen LogP) is 6.75. The first kappa shape index (κ1) is 39.6. The Kier molecular flexibility index (Phi) is 9.32. The second kappa shape index (κ2) is 13.2. The van der Waals surface area contributed by atoms with E-state index in [2.05, 4.69) is 106 Å². The summed E-state index contributed by atoms with van der Waals surface area (Å²) in [5, 5.41) is 0. The first-order valence-corrected chi connectivity index (χ1v) is 20.1. The van der Waals surface area contributed by atoms with Crippen molar-refractivity contribution in [2.24, 2.45) is 11.5 Å². The van der Waals surface area contributed by atoms with Gasteiger partial charge in [-0.05, 0) is 77.0 Å². The van der Waals surface area contributed by atoms with Crippen LogP contribution in [-0.2, 0) is 15.6 Å². The molecule has 5 aliphatic rings. The third-order valence-electron chi connectivity index (χ3n) is 13.8. The van der Waals surface area contributed by atoms with Crippen LogP contribution < -0.4 is 20.4 Å². The van der Waals surface area contributed by atoms with Gasteiger partial charge in [0.1, 0.15) is 48.7 Å². The molecule has 2 aromatic carbocycles. The van der Waals surface area contributed by atoms with Crippen LogP contribution in [0.1, 0.15) is 85.2 Å². The second-order valence-corrected chi connectivity index (χ2v) is 19.5. The van der Waals surface area contributed by atoms with E-state index >= 15 is 0 Å². The van der Waals surface area contributed by atoms with Gasteiger partial charge < -0.3 is 11.5 Å². The molecule has 0 radical (unpaired) electrons. The number of nitrogens with zero attached hydrogens (tertiary/aromatic N) is 4. The molecule has 1 saturated carbocycles. The zero-order valence-electron chi connectivity index (χ0n) is 35.1. The molecule has 0 aromatic heterocycles. The fourth-order valence-corrected chi connectivity index (χ4v) is 11.0. The highest BCUT2D eigenvalue weighted by molar-refractivity contribution is 6.11. The predicted molar refractivity (Wildman–Crippen MR) is 227 cm³/mol. The molecule has 4 heterocycles. The summed E-state index contributed by atoms with van der Waals surface area (Å²) >= 11 is 0. The summed E-state index contributed by atoms with van der Waals surface area (Å²) < 4.78 is 3.20. The molecule has 1 aliphatic carbocycles. The lowest BCUT2D eigenvalue weighted by molar-refractivity contribution is -0.913. The topological polar surface area (TPSA) is 103 Å². The lowest BCUT2D eigenvalue weighted by Crippen LogP contribution is -2.74.